The van der Waals surface area contributed by atoms with Crippen LogP contribution in [0.4, 0.5) is 5.69 Å². The van der Waals surface area contributed by atoms with Crippen LogP contribution in [0.3, 0.4) is 0 Å². The maximum atomic E-state index is 15.1. The van der Waals surface area contributed by atoms with E-state index in [2.05, 4.69) is 16.6 Å². The molecule has 4 heterocycles. The van der Waals surface area contributed by atoms with Crippen molar-refractivity contribution in [2.24, 2.45) is 25.0 Å². The second-order valence-corrected chi connectivity index (χ2v) is 15.0. The number of carbonyl (C=O) groups excluding carboxylic acids is 2. The van der Waals surface area contributed by atoms with Gasteiger partial charge in [-0.15, -0.1) is 0 Å². The maximum Gasteiger partial charge on any atom is 0.365 e. The molecular formula is C41H43Cl2N7O4. The number of anilines is 1. The van der Waals surface area contributed by atoms with Crippen molar-refractivity contribution in [3.63, 3.8) is 0 Å². The lowest BCUT2D eigenvalue weighted by molar-refractivity contribution is 0.0515. The van der Waals surface area contributed by atoms with Crippen LogP contribution in [0.5, 0.6) is 5.75 Å². The number of halogens is 2. The Hall–Kier alpha value is -5.26. The molecule has 0 bridgehead atoms. The molecule has 3 aromatic carbocycles. The van der Waals surface area contributed by atoms with Crippen LogP contribution >= 0.6 is 23.2 Å². The van der Waals surface area contributed by atoms with Crippen LogP contribution in [0.25, 0.3) is 32.9 Å². The van der Waals surface area contributed by atoms with Crippen LogP contribution in [0.2, 0.25) is 10.0 Å². The van der Waals surface area contributed by atoms with Crippen molar-refractivity contribution < 1.29 is 19.2 Å². The first kappa shape index (κ1) is 37.1. The quantitative estimate of drug-likeness (QED) is 0.0516. The van der Waals surface area contributed by atoms with E-state index in [-0.39, 0.29) is 17.8 Å². The van der Waals surface area contributed by atoms with Crippen molar-refractivity contribution in [1.82, 2.24) is 18.9 Å². The standard InChI is InChI=1S/C41H43Cl2N7O4/c1-21-16-28(17-22(2)37(21)43)53-15-9-10-29-30-12-13-32(42)36(35-24(4)45-48(8)25(35)5)38(30)50-23(3)19-49(40(51)39(29)50)34-20-47(7)33-14-11-27(18-31(33)34)41(52)54-46-26(6)44/h11-14,16-18,20,23H,9-10,15,19H2,1-8H3,(H2,44,46). The fourth-order valence-electron chi connectivity index (χ4n) is 7.82. The van der Waals surface area contributed by atoms with Gasteiger partial charge in [0.05, 0.1) is 34.1 Å². The van der Waals surface area contributed by atoms with E-state index in [1.54, 1.807) is 12.1 Å². The molecule has 11 nitrogen and oxygen atoms in total. The molecule has 280 valence electrons. The van der Waals surface area contributed by atoms with E-state index in [0.29, 0.717) is 48.0 Å². The zero-order chi connectivity index (χ0) is 38.7. The topological polar surface area (TPSA) is 122 Å². The minimum absolute atomic E-state index is 0.129. The molecule has 0 spiro atoms. The summed E-state index contributed by atoms with van der Waals surface area (Å²) in [6.45, 7) is 12.4. The van der Waals surface area contributed by atoms with Crippen LogP contribution in [0.1, 0.15) is 75.2 Å². The third-order valence-corrected chi connectivity index (χ3v) is 11.2. The zero-order valence-corrected chi connectivity index (χ0v) is 33.2. The van der Waals surface area contributed by atoms with Crippen molar-refractivity contribution in [1.29, 1.82) is 0 Å². The number of oxime groups is 1. The molecule has 13 heteroatoms. The summed E-state index contributed by atoms with van der Waals surface area (Å²) in [5.41, 5.74) is 15.4. The Kier molecular flexibility index (Phi) is 9.74. The Labute approximate surface area is 323 Å². The first-order chi connectivity index (χ1) is 25.7. The number of aromatic nitrogens is 4. The van der Waals surface area contributed by atoms with E-state index in [1.807, 2.05) is 92.5 Å². The highest BCUT2D eigenvalue weighted by Crippen LogP contribution is 2.45. The van der Waals surface area contributed by atoms with Crippen molar-refractivity contribution in [2.75, 3.05) is 18.1 Å². The van der Waals surface area contributed by atoms with Crippen molar-refractivity contribution in [3.8, 4) is 16.9 Å². The van der Waals surface area contributed by atoms with Gasteiger partial charge in [0.2, 0.25) is 0 Å². The first-order valence-electron chi connectivity index (χ1n) is 17.9. The number of aryl methyl sites for hydroxylation is 6. The van der Waals surface area contributed by atoms with Crippen LogP contribution in [-0.4, -0.2) is 49.8 Å². The van der Waals surface area contributed by atoms with Crippen LogP contribution in [0.15, 0.2) is 53.8 Å². The zero-order valence-electron chi connectivity index (χ0n) is 31.7. The number of benzene rings is 3. The number of hydrogen-bond donors (Lipinski definition) is 1. The van der Waals surface area contributed by atoms with Gasteiger partial charge in [0.25, 0.3) is 5.91 Å². The van der Waals surface area contributed by atoms with Crippen molar-refractivity contribution >= 4 is 68.4 Å². The second-order valence-electron chi connectivity index (χ2n) is 14.2. The summed E-state index contributed by atoms with van der Waals surface area (Å²) in [6.07, 6.45) is 3.16. The number of carbonyl (C=O) groups is 2. The second kappa shape index (κ2) is 14.2. The van der Waals surface area contributed by atoms with Crippen molar-refractivity contribution in [2.45, 2.75) is 60.4 Å². The number of rotatable bonds is 9. The molecular weight excluding hydrogens is 725 g/mol. The minimum Gasteiger partial charge on any atom is -0.494 e. The van der Waals surface area contributed by atoms with Crippen LogP contribution in [0, 0.1) is 27.7 Å². The molecule has 7 rings (SSSR count). The molecule has 1 atom stereocenters. The number of ether oxygens (including phenoxy) is 1. The Morgan fingerprint density at radius 2 is 1.74 bits per heavy atom. The molecule has 6 aromatic rings. The Bertz CT molecular complexity index is 2520. The van der Waals surface area contributed by atoms with Gasteiger partial charge in [0.1, 0.15) is 17.3 Å². The van der Waals surface area contributed by atoms with E-state index in [1.165, 1.54) is 6.92 Å². The summed E-state index contributed by atoms with van der Waals surface area (Å²) in [6, 6.07) is 12.9. The Morgan fingerprint density at radius 1 is 1.02 bits per heavy atom. The molecule has 0 saturated heterocycles. The number of fused-ring (bicyclic) bond motifs is 4. The number of nitrogens with zero attached hydrogens (tertiary/aromatic N) is 6. The molecule has 54 heavy (non-hydrogen) atoms. The summed E-state index contributed by atoms with van der Waals surface area (Å²) in [5.74, 6) is 0.0993. The average molecular weight is 769 g/mol. The third-order valence-electron chi connectivity index (χ3n) is 10.3. The normalized spacial score (nSPS) is 14.7. The molecule has 1 unspecified atom stereocenters. The van der Waals surface area contributed by atoms with Gasteiger partial charge < -0.3 is 29.3 Å². The molecule has 0 radical (unpaired) electrons. The van der Waals surface area contributed by atoms with Gasteiger partial charge in [-0.25, -0.2) is 4.79 Å². The summed E-state index contributed by atoms with van der Waals surface area (Å²) in [7, 11) is 3.84. The van der Waals surface area contributed by atoms with E-state index >= 15 is 4.79 Å². The van der Waals surface area contributed by atoms with E-state index in [0.717, 1.165) is 71.8 Å². The molecule has 0 saturated carbocycles. The Morgan fingerprint density at radius 3 is 2.41 bits per heavy atom. The number of amides is 1. The van der Waals surface area contributed by atoms with E-state index < -0.39 is 5.97 Å². The smallest absolute Gasteiger partial charge is 0.365 e. The molecule has 1 aliphatic heterocycles. The number of amidine groups is 1. The first-order valence-corrected chi connectivity index (χ1v) is 18.6. The predicted octanol–water partition coefficient (Wildman–Crippen LogP) is 8.76. The highest BCUT2D eigenvalue weighted by Gasteiger charge is 2.37. The van der Waals surface area contributed by atoms with Gasteiger partial charge in [-0.3, -0.25) is 9.48 Å². The van der Waals surface area contributed by atoms with Crippen LogP contribution < -0.4 is 15.4 Å². The molecule has 3 aromatic heterocycles. The van der Waals surface area contributed by atoms with Gasteiger partial charge >= 0.3 is 5.97 Å². The highest BCUT2D eigenvalue weighted by molar-refractivity contribution is 6.35. The lowest BCUT2D eigenvalue weighted by Gasteiger charge is -2.34. The minimum atomic E-state index is -0.645. The van der Waals surface area contributed by atoms with Gasteiger partial charge in [0, 0.05) is 71.0 Å². The molecule has 0 fully saturated rings. The lowest BCUT2D eigenvalue weighted by Crippen LogP contribution is -2.42. The summed E-state index contributed by atoms with van der Waals surface area (Å²) < 4.78 is 12.2. The summed E-state index contributed by atoms with van der Waals surface area (Å²) in [4.78, 5) is 34.9. The van der Waals surface area contributed by atoms with Crippen molar-refractivity contribution in [3.05, 3.63) is 98.0 Å². The Balaban J connectivity index is 1.35. The lowest BCUT2D eigenvalue weighted by atomic mass is 9.98. The fraction of sp³-hybridized carbons (Fsp3) is 0.317. The SMILES string of the molecule is CC(N)=NOC(=O)c1ccc2c(c1)c(N1CC(C)n3c(c(CCCOc4cc(C)c(Cl)c(C)c4)c4ccc(Cl)c(-c5c(C)nn(C)c5C)c43)C1=O)cn2C. The molecule has 1 amide bonds. The molecule has 2 N–H and O–H groups in total. The van der Waals surface area contributed by atoms with Gasteiger partial charge in [-0.1, -0.05) is 34.4 Å². The summed E-state index contributed by atoms with van der Waals surface area (Å²) >= 11 is 13.5. The van der Waals surface area contributed by atoms with Gasteiger partial charge in [-0.2, -0.15) is 5.10 Å². The molecule has 0 aliphatic carbocycles. The monoisotopic (exact) mass is 767 g/mol. The van der Waals surface area contributed by atoms with Gasteiger partial charge in [0.15, 0.2) is 0 Å². The fourth-order valence-corrected chi connectivity index (χ4v) is 8.17. The maximum absolute atomic E-state index is 15.1. The largest absolute Gasteiger partial charge is 0.494 e. The third kappa shape index (κ3) is 6.28. The van der Waals surface area contributed by atoms with E-state index in [9.17, 15) is 4.79 Å². The predicted molar refractivity (Wildman–Crippen MR) is 215 cm³/mol. The number of hydrogen-bond acceptors (Lipinski definition) is 6. The average Bonchev–Trinajstić information content (AvgIpc) is 3.73. The van der Waals surface area contributed by atoms with Gasteiger partial charge in [-0.05, 0) is 107 Å². The molecule has 1 aliphatic rings. The highest BCUT2D eigenvalue weighted by atomic mass is 35.5. The summed E-state index contributed by atoms with van der Waals surface area (Å²) in [5, 5.41) is 11.4. The van der Waals surface area contributed by atoms with E-state index in [4.69, 9.17) is 43.6 Å². The number of nitrogens with two attached hydrogens (primary N) is 1. The van der Waals surface area contributed by atoms with Crippen LogP contribution in [-0.2, 0) is 25.4 Å².